The van der Waals surface area contributed by atoms with Crippen LogP contribution in [0.1, 0.15) is 5.56 Å². The van der Waals surface area contributed by atoms with Gasteiger partial charge in [0.2, 0.25) is 0 Å². The van der Waals surface area contributed by atoms with Gasteiger partial charge < -0.3 is 4.74 Å². The molecule has 0 aliphatic heterocycles. The smallest absolute Gasteiger partial charge is 0.131 e. The van der Waals surface area contributed by atoms with E-state index in [-0.39, 0.29) is 0 Å². The average Bonchev–Trinajstić information content (AvgIpc) is 2.33. The number of benzene rings is 2. The number of hydrogen-bond donors (Lipinski definition) is 0. The Hall–Kier alpha value is -0.990. The Morgan fingerprint density at radius 2 is 1.69 bits per heavy atom. The van der Waals surface area contributed by atoms with Gasteiger partial charge in [-0.15, -0.1) is 0 Å². The summed E-state index contributed by atoms with van der Waals surface area (Å²) in [6.45, 7) is 0. The van der Waals surface area contributed by atoms with E-state index in [1.807, 2.05) is 48.5 Å². The molecule has 0 aliphatic carbocycles. The molecule has 3 heteroatoms. The number of para-hydroxylation sites is 1. The maximum absolute atomic E-state index is 5.81. The van der Waals surface area contributed by atoms with Crippen molar-refractivity contribution in [1.82, 2.24) is 0 Å². The second-order valence-electron chi connectivity index (χ2n) is 3.30. The predicted molar refractivity (Wildman–Crippen MR) is 70.6 cm³/mol. The molecule has 0 unspecified atom stereocenters. The third-order valence-corrected chi connectivity index (χ3v) is 3.01. The zero-order valence-electron chi connectivity index (χ0n) is 8.49. The Labute approximate surface area is 108 Å². The van der Waals surface area contributed by atoms with E-state index in [1.54, 1.807) is 0 Å². The maximum atomic E-state index is 5.81. The van der Waals surface area contributed by atoms with E-state index in [4.69, 9.17) is 16.3 Å². The second kappa shape index (κ2) is 5.37. The van der Waals surface area contributed by atoms with Gasteiger partial charge in [0, 0.05) is 15.9 Å². The van der Waals surface area contributed by atoms with Crippen molar-refractivity contribution in [2.75, 3.05) is 0 Å². The van der Waals surface area contributed by atoms with Gasteiger partial charge in [0.15, 0.2) is 0 Å². The van der Waals surface area contributed by atoms with Gasteiger partial charge in [0.05, 0.1) is 0 Å². The fourth-order valence-electron chi connectivity index (χ4n) is 1.34. The number of alkyl halides is 1. The number of ether oxygens (including phenoxy) is 1. The molecule has 2 aromatic rings. The molecular formula is C13H10BrClO. The van der Waals surface area contributed by atoms with E-state index in [0.717, 1.165) is 22.4 Å². The van der Waals surface area contributed by atoms with Gasteiger partial charge in [0.1, 0.15) is 11.5 Å². The molecule has 16 heavy (non-hydrogen) atoms. The summed E-state index contributed by atoms with van der Waals surface area (Å²) in [6, 6.07) is 15.3. The van der Waals surface area contributed by atoms with Crippen LogP contribution in [0.4, 0.5) is 0 Å². The van der Waals surface area contributed by atoms with Crippen LogP contribution in [0, 0.1) is 0 Å². The van der Waals surface area contributed by atoms with Gasteiger partial charge in [-0.1, -0.05) is 45.7 Å². The minimum atomic E-state index is 0.709. The molecule has 0 fully saturated rings. The molecule has 0 aliphatic rings. The van der Waals surface area contributed by atoms with Gasteiger partial charge in [0.25, 0.3) is 0 Å². The molecule has 0 N–H and O–H groups in total. The van der Waals surface area contributed by atoms with Crippen LogP contribution in [0.5, 0.6) is 11.5 Å². The molecule has 0 spiro atoms. The minimum Gasteiger partial charge on any atom is -0.457 e. The largest absolute Gasteiger partial charge is 0.457 e. The van der Waals surface area contributed by atoms with E-state index in [2.05, 4.69) is 15.9 Å². The van der Waals surface area contributed by atoms with Gasteiger partial charge in [-0.05, 0) is 30.3 Å². The van der Waals surface area contributed by atoms with Crippen LogP contribution in [0.3, 0.4) is 0 Å². The molecule has 0 atom stereocenters. The number of hydrogen-bond acceptors (Lipinski definition) is 1. The number of rotatable bonds is 3. The Balaban J connectivity index is 2.23. The Morgan fingerprint density at radius 1 is 1.00 bits per heavy atom. The highest BCUT2D eigenvalue weighted by Crippen LogP contribution is 2.27. The Morgan fingerprint density at radius 3 is 2.38 bits per heavy atom. The molecule has 2 rings (SSSR count). The highest BCUT2D eigenvalue weighted by atomic mass is 79.9. The summed E-state index contributed by atoms with van der Waals surface area (Å²) in [5.74, 6) is 1.65. The SMILES string of the molecule is Clc1ccc(Oc2ccccc2CBr)cc1. The van der Waals surface area contributed by atoms with Crippen LogP contribution in [-0.2, 0) is 5.33 Å². The first kappa shape index (κ1) is 11.5. The standard InChI is InChI=1S/C13H10BrClO/c14-9-10-3-1-2-4-13(10)16-12-7-5-11(15)6-8-12/h1-8H,9H2. The van der Waals surface area contributed by atoms with Crippen LogP contribution in [0.15, 0.2) is 48.5 Å². The van der Waals surface area contributed by atoms with Crippen molar-refractivity contribution in [1.29, 1.82) is 0 Å². The van der Waals surface area contributed by atoms with Crippen LogP contribution in [0.25, 0.3) is 0 Å². The monoisotopic (exact) mass is 296 g/mol. The number of halogens is 2. The van der Waals surface area contributed by atoms with Crippen molar-refractivity contribution in [3.8, 4) is 11.5 Å². The van der Waals surface area contributed by atoms with Crippen LogP contribution in [-0.4, -0.2) is 0 Å². The van der Waals surface area contributed by atoms with E-state index in [9.17, 15) is 0 Å². The average molecular weight is 298 g/mol. The molecular weight excluding hydrogens is 287 g/mol. The van der Waals surface area contributed by atoms with Crippen molar-refractivity contribution in [2.45, 2.75) is 5.33 Å². The summed E-state index contributed by atoms with van der Waals surface area (Å²) in [5.41, 5.74) is 1.12. The first-order chi connectivity index (χ1) is 7.79. The Kier molecular flexibility index (Phi) is 3.86. The van der Waals surface area contributed by atoms with E-state index in [1.165, 1.54) is 0 Å². The lowest BCUT2D eigenvalue weighted by molar-refractivity contribution is 0.478. The van der Waals surface area contributed by atoms with E-state index >= 15 is 0 Å². The van der Waals surface area contributed by atoms with Crippen molar-refractivity contribution in [3.05, 3.63) is 59.1 Å². The molecule has 0 aromatic heterocycles. The first-order valence-electron chi connectivity index (χ1n) is 4.87. The van der Waals surface area contributed by atoms with Crippen molar-refractivity contribution < 1.29 is 4.74 Å². The quantitative estimate of drug-likeness (QED) is 0.722. The summed E-state index contributed by atoms with van der Waals surface area (Å²) in [6.07, 6.45) is 0. The molecule has 82 valence electrons. The fourth-order valence-corrected chi connectivity index (χ4v) is 1.93. The zero-order valence-corrected chi connectivity index (χ0v) is 10.8. The predicted octanol–water partition coefficient (Wildman–Crippen LogP) is 5.03. The molecule has 0 saturated carbocycles. The molecule has 0 bridgehead atoms. The topological polar surface area (TPSA) is 9.23 Å². The highest BCUT2D eigenvalue weighted by Gasteiger charge is 2.02. The third kappa shape index (κ3) is 2.77. The summed E-state index contributed by atoms with van der Waals surface area (Å²) >= 11 is 9.24. The highest BCUT2D eigenvalue weighted by molar-refractivity contribution is 9.08. The minimum absolute atomic E-state index is 0.709. The van der Waals surface area contributed by atoms with Gasteiger partial charge in [-0.2, -0.15) is 0 Å². The zero-order chi connectivity index (χ0) is 11.4. The lowest BCUT2D eigenvalue weighted by Crippen LogP contribution is -1.88. The molecule has 0 heterocycles. The first-order valence-corrected chi connectivity index (χ1v) is 6.37. The Bertz CT molecular complexity index is 468. The molecule has 1 nitrogen and oxygen atoms in total. The summed E-state index contributed by atoms with van der Waals surface area (Å²) in [7, 11) is 0. The van der Waals surface area contributed by atoms with E-state index in [0.29, 0.717) is 5.02 Å². The fraction of sp³-hybridized carbons (Fsp3) is 0.0769. The lowest BCUT2D eigenvalue weighted by Gasteiger charge is -2.09. The van der Waals surface area contributed by atoms with Crippen LogP contribution >= 0.6 is 27.5 Å². The maximum Gasteiger partial charge on any atom is 0.131 e. The summed E-state index contributed by atoms with van der Waals surface area (Å²) < 4.78 is 5.77. The molecule has 0 radical (unpaired) electrons. The molecule has 0 saturated heterocycles. The van der Waals surface area contributed by atoms with Gasteiger partial charge in [-0.3, -0.25) is 0 Å². The summed E-state index contributed by atoms with van der Waals surface area (Å²) in [4.78, 5) is 0. The van der Waals surface area contributed by atoms with E-state index < -0.39 is 0 Å². The summed E-state index contributed by atoms with van der Waals surface area (Å²) in [5, 5.41) is 1.48. The lowest BCUT2D eigenvalue weighted by atomic mass is 10.2. The van der Waals surface area contributed by atoms with Gasteiger partial charge in [-0.25, -0.2) is 0 Å². The van der Waals surface area contributed by atoms with Crippen LogP contribution in [0.2, 0.25) is 5.02 Å². The molecule has 2 aromatic carbocycles. The second-order valence-corrected chi connectivity index (χ2v) is 4.29. The van der Waals surface area contributed by atoms with Crippen molar-refractivity contribution in [2.24, 2.45) is 0 Å². The normalized spacial score (nSPS) is 10.1. The van der Waals surface area contributed by atoms with Crippen molar-refractivity contribution >= 4 is 27.5 Å². The van der Waals surface area contributed by atoms with Crippen LogP contribution < -0.4 is 4.74 Å². The third-order valence-electron chi connectivity index (χ3n) is 2.16. The van der Waals surface area contributed by atoms with Crippen molar-refractivity contribution in [3.63, 3.8) is 0 Å². The molecule has 0 amide bonds. The van der Waals surface area contributed by atoms with Gasteiger partial charge >= 0.3 is 0 Å².